The number of ether oxygens (including phenoxy) is 1. The van der Waals surface area contributed by atoms with Crippen molar-refractivity contribution in [3.05, 3.63) is 36.7 Å². The summed E-state index contributed by atoms with van der Waals surface area (Å²) in [6.45, 7) is 4.14. The van der Waals surface area contributed by atoms with E-state index in [1.54, 1.807) is 30.5 Å². The molecule has 0 radical (unpaired) electrons. The number of anilines is 1. The van der Waals surface area contributed by atoms with Crippen LogP contribution in [0.1, 0.15) is 30.3 Å². The lowest BCUT2D eigenvalue weighted by Crippen LogP contribution is -2.39. The zero-order valence-corrected chi connectivity index (χ0v) is 14.5. The van der Waals surface area contributed by atoms with E-state index >= 15 is 0 Å². The van der Waals surface area contributed by atoms with Gasteiger partial charge in [0.15, 0.2) is 5.82 Å². The van der Waals surface area contributed by atoms with Gasteiger partial charge in [-0.05, 0) is 12.8 Å². The summed E-state index contributed by atoms with van der Waals surface area (Å²) in [4.78, 5) is 33.1. The Labute approximate surface area is 146 Å². The van der Waals surface area contributed by atoms with Crippen LogP contribution in [0, 0.1) is 0 Å². The van der Waals surface area contributed by atoms with Crippen LogP contribution in [-0.4, -0.2) is 63.5 Å². The van der Waals surface area contributed by atoms with Crippen molar-refractivity contribution in [1.29, 1.82) is 0 Å². The van der Waals surface area contributed by atoms with Gasteiger partial charge in [-0.1, -0.05) is 6.92 Å². The minimum Gasteiger partial charge on any atom is -0.475 e. The summed E-state index contributed by atoms with van der Waals surface area (Å²) in [5.74, 6) is 1.16. The zero-order valence-electron chi connectivity index (χ0n) is 14.5. The molecule has 2 aromatic heterocycles. The molecule has 1 saturated heterocycles. The predicted octanol–water partition coefficient (Wildman–Crippen LogP) is 1.41. The van der Waals surface area contributed by atoms with E-state index in [2.05, 4.69) is 31.8 Å². The van der Waals surface area contributed by atoms with Crippen molar-refractivity contribution in [3.8, 4) is 5.88 Å². The summed E-state index contributed by atoms with van der Waals surface area (Å²) < 4.78 is 5.70. The summed E-state index contributed by atoms with van der Waals surface area (Å²) in [6, 6.07) is 0.0792. The molecule has 8 heteroatoms. The summed E-state index contributed by atoms with van der Waals surface area (Å²) >= 11 is 0. The van der Waals surface area contributed by atoms with Crippen LogP contribution in [0.3, 0.4) is 0 Å². The van der Waals surface area contributed by atoms with Gasteiger partial charge in [-0.2, -0.15) is 0 Å². The van der Waals surface area contributed by atoms with Gasteiger partial charge in [-0.3, -0.25) is 9.78 Å². The fourth-order valence-corrected chi connectivity index (χ4v) is 2.84. The molecule has 132 valence electrons. The van der Waals surface area contributed by atoms with Gasteiger partial charge < -0.3 is 14.5 Å². The van der Waals surface area contributed by atoms with Crippen molar-refractivity contribution in [3.63, 3.8) is 0 Å². The molecule has 1 amide bonds. The minimum absolute atomic E-state index is 0.0792. The molecule has 0 N–H and O–H groups in total. The normalized spacial score (nSPS) is 16.7. The van der Waals surface area contributed by atoms with E-state index < -0.39 is 0 Å². The van der Waals surface area contributed by atoms with Crippen LogP contribution in [-0.2, 0) is 0 Å². The van der Waals surface area contributed by atoms with Crippen LogP contribution in [0.2, 0.25) is 0 Å². The summed E-state index contributed by atoms with van der Waals surface area (Å²) in [5.41, 5.74) is 0.356. The van der Waals surface area contributed by atoms with Crippen molar-refractivity contribution in [2.75, 3.05) is 31.6 Å². The Morgan fingerprint density at radius 2 is 2.08 bits per heavy atom. The molecule has 2 aromatic rings. The third-order valence-corrected chi connectivity index (χ3v) is 4.20. The van der Waals surface area contributed by atoms with Gasteiger partial charge in [0.1, 0.15) is 5.69 Å². The molecular weight excluding hydrogens is 320 g/mol. The second-order valence-electron chi connectivity index (χ2n) is 5.93. The quantitative estimate of drug-likeness (QED) is 0.784. The fourth-order valence-electron chi connectivity index (χ4n) is 2.84. The topological polar surface area (TPSA) is 84.3 Å². The van der Waals surface area contributed by atoms with Gasteiger partial charge in [-0.25, -0.2) is 15.0 Å². The van der Waals surface area contributed by atoms with Crippen molar-refractivity contribution in [2.24, 2.45) is 0 Å². The number of carbonyl (C=O) groups excluding carboxylic acids is 1. The van der Waals surface area contributed by atoms with E-state index in [1.807, 2.05) is 0 Å². The van der Waals surface area contributed by atoms with Crippen LogP contribution in [0.15, 0.2) is 31.0 Å². The lowest BCUT2D eigenvalue weighted by atomic mass is 10.2. The number of hydrogen-bond acceptors (Lipinski definition) is 7. The Morgan fingerprint density at radius 3 is 2.84 bits per heavy atom. The molecule has 0 spiro atoms. The van der Waals surface area contributed by atoms with E-state index in [4.69, 9.17) is 4.74 Å². The monoisotopic (exact) mass is 342 g/mol. The first kappa shape index (κ1) is 17.1. The number of hydrogen-bond donors (Lipinski definition) is 0. The molecular formula is C17H22N6O2. The van der Waals surface area contributed by atoms with E-state index in [0.717, 1.165) is 25.2 Å². The fraction of sp³-hybridized carbons (Fsp3) is 0.471. The Kier molecular flexibility index (Phi) is 5.37. The first-order valence-electron chi connectivity index (χ1n) is 8.42. The van der Waals surface area contributed by atoms with Gasteiger partial charge in [0, 0.05) is 44.9 Å². The third-order valence-electron chi connectivity index (χ3n) is 4.20. The number of carbonyl (C=O) groups is 1. The Balaban J connectivity index is 1.69. The second kappa shape index (κ2) is 7.87. The maximum atomic E-state index is 12.5. The second-order valence-corrected chi connectivity index (χ2v) is 5.93. The average molecular weight is 342 g/mol. The van der Waals surface area contributed by atoms with Gasteiger partial charge in [0.25, 0.3) is 11.8 Å². The Morgan fingerprint density at radius 1 is 1.28 bits per heavy atom. The van der Waals surface area contributed by atoms with Gasteiger partial charge in [-0.15, -0.1) is 0 Å². The Hall–Kier alpha value is -2.77. The molecule has 1 atom stereocenters. The maximum absolute atomic E-state index is 12.5. The number of nitrogens with zero attached hydrogens (tertiary/aromatic N) is 6. The number of aromatic nitrogens is 4. The zero-order chi connectivity index (χ0) is 17.6. The van der Waals surface area contributed by atoms with Gasteiger partial charge >= 0.3 is 0 Å². The van der Waals surface area contributed by atoms with E-state index in [0.29, 0.717) is 24.7 Å². The lowest BCUT2D eigenvalue weighted by molar-refractivity contribution is 0.0738. The highest BCUT2D eigenvalue weighted by Gasteiger charge is 2.31. The molecule has 0 bridgehead atoms. The summed E-state index contributed by atoms with van der Waals surface area (Å²) in [5, 5.41) is 0. The highest BCUT2D eigenvalue weighted by atomic mass is 16.5. The molecule has 1 aliphatic rings. The molecule has 0 saturated carbocycles. The standard InChI is InChI=1S/C17H22N6O2/c1-3-10-25-16-15(20-7-8-21-16)23-9-4-13(12-23)22(2)17(24)14-11-18-5-6-19-14/h5-8,11,13H,3-4,9-10,12H2,1-2H3/t13-/m0/s1. The van der Waals surface area contributed by atoms with Crippen molar-refractivity contribution in [2.45, 2.75) is 25.8 Å². The molecule has 3 rings (SSSR count). The molecule has 3 heterocycles. The third kappa shape index (κ3) is 3.84. The van der Waals surface area contributed by atoms with Gasteiger partial charge in [0.2, 0.25) is 0 Å². The summed E-state index contributed by atoms with van der Waals surface area (Å²) in [6.07, 6.45) is 9.63. The van der Waals surface area contributed by atoms with E-state index in [1.165, 1.54) is 12.4 Å². The highest BCUT2D eigenvalue weighted by molar-refractivity contribution is 5.92. The number of rotatable bonds is 6. The van der Waals surface area contributed by atoms with Crippen LogP contribution >= 0.6 is 0 Å². The summed E-state index contributed by atoms with van der Waals surface area (Å²) in [7, 11) is 1.80. The lowest BCUT2D eigenvalue weighted by Gasteiger charge is -2.25. The minimum atomic E-state index is -0.124. The number of amides is 1. The van der Waals surface area contributed by atoms with Crippen LogP contribution in [0.25, 0.3) is 0 Å². The molecule has 8 nitrogen and oxygen atoms in total. The van der Waals surface area contributed by atoms with Crippen molar-refractivity contribution >= 4 is 11.7 Å². The molecule has 25 heavy (non-hydrogen) atoms. The average Bonchev–Trinajstić information content (AvgIpc) is 3.16. The number of likely N-dealkylation sites (N-methyl/N-ethyl adjacent to an activating group) is 1. The van der Waals surface area contributed by atoms with Crippen molar-refractivity contribution < 1.29 is 9.53 Å². The van der Waals surface area contributed by atoms with Crippen LogP contribution in [0.5, 0.6) is 5.88 Å². The first-order chi connectivity index (χ1) is 12.2. The SMILES string of the molecule is CCCOc1nccnc1N1CC[C@H](N(C)C(=O)c2cnccn2)C1. The van der Waals surface area contributed by atoms with E-state index in [-0.39, 0.29) is 11.9 Å². The largest absolute Gasteiger partial charge is 0.475 e. The smallest absolute Gasteiger partial charge is 0.274 e. The first-order valence-corrected chi connectivity index (χ1v) is 8.42. The van der Waals surface area contributed by atoms with Crippen molar-refractivity contribution in [1.82, 2.24) is 24.8 Å². The predicted molar refractivity (Wildman–Crippen MR) is 92.6 cm³/mol. The highest BCUT2D eigenvalue weighted by Crippen LogP contribution is 2.27. The molecule has 0 aromatic carbocycles. The molecule has 0 aliphatic carbocycles. The maximum Gasteiger partial charge on any atom is 0.274 e. The Bertz CT molecular complexity index is 711. The van der Waals surface area contributed by atoms with Crippen LogP contribution in [0.4, 0.5) is 5.82 Å². The molecule has 0 unspecified atom stereocenters. The van der Waals surface area contributed by atoms with E-state index in [9.17, 15) is 4.79 Å². The van der Waals surface area contributed by atoms with Gasteiger partial charge in [0.05, 0.1) is 18.8 Å². The molecule has 1 fully saturated rings. The van der Waals surface area contributed by atoms with Crippen LogP contribution < -0.4 is 9.64 Å². The molecule has 1 aliphatic heterocycles.